The minimum Gasteiger partial charge on any atom is -0.493 e. The largest absolute Gasteiger partial charge is 0.493 e. The lowest BCUT2D eigenvalue weighted by molar-refractivity contribution is -0.136. The lowest BCUT2D eigenvalue weighted by atomic mass is 9.75. The molecule has 2 aromatic carbocycles. The molecule has 1 atom stereocenters. The molecule has 0 aromatic heterocycles. The van der Waals surface area contributed by atoms with Gasteiger partial charge < -0.3 is 19.9 Å². The summed E-state index contributed by atoms with van der Waals surface area (Å²) in [4.78, 5) is 27.9. The second-order valence-corrected chi connectivity index (χ2v) is 7.79. The van der Waals surface area contributed by atoms with Crippen molar-refractivity contribution in [2.75, 3.05) is 26.2 Å². The highest BCUT2D eigenvalue weighted by molar-refractivity contribution is 6.05. The van der Waals surface area contributed by atoms with Gasteiger partial charge in [-0.05, 0) is 54.8 Å². The van der Waals surface area contributed by atoms with Crippen molar-refractivity contribution < 1.29 is 28.2 Å². The van der Waals surface area contributed by atoms with Gasteiger partial charge in [-0.1, -0.05) is 6.07 Å². The van der Waals surface area contributed by atoms with Gasteiger partial charge in [0.1, 0.15) is 11.6 Å². The number of ketones is 1. The topological polar surface area (TPSA) is 91.1 Å². The Kier molecular flexibility index (Phi) is 6.09. The molecule has 2 aliphatic rings. The van der Waals surface area contributed by atoms with Crippen LogP contribution >= 0.6 is 0 Å². The highest BCUT2D eigenvalue weighted by Gasteiger charge is 2.43. The Morgan fingerprint density at radius 1 is 1.03 bits per heavy atom. The summed E-state index contributed by atoms with van der Waals surface area (Å²) >= 11 is 0. The number of Topliss-reactive ketones (excluding diaryl/α,β-unsaturated/α-hetero) is 1. The van der Waals surface area contributed by atoms with Crippen molar-refractivity contribution in [1.29, 1.82) is 0 Å². The highest BCUT2D eigenvalue weighted by Crippen LogP contribution is 2.47. The Bertz CT molecular complexity index is 1170. The lowest BCUT2D eigenvalue weighted by Crippen LogP contribution is -2.40. The molecule has 33 heavy (non-hydrogen) atoms. The Labute approximate surface area is 191 Å². The van der Waals surface area contributed by atoms with Crippen LogP contribution in [0.25, 0.3) is 0 Å². The summed E-state index contributed by atoms with van der Waals surface area (Å²) in [6.45, 7) is 0. The fraction of sp³-hybridized carbons (Fsp3) is 0.280. The van der Waals surface area contributed by atoms with Crippen molar-refractivity contribution >= 4 is 17.4 Å². The Hall–Kier alpha value is -3.81. The van der Waals surface area contributed by atoms with Crippen LogP contribution in [0, 0.1) is 5.82 Å². The summed E-state index contributed by atoms with van der Waals surface area (Å²) in [6, 6.07) is 11.0. The van der Waals surface area contributed by atoms with Gasteiger partial charge in [-0.15, -0.1) is 0 Å². The van der Waals surface area contributed by atoms with E-state index in [-0.39, 0.29) is 17.2 Å². The number of esters is 1. The zero-order chi connectivity index (χ0) is 23.7. The van der Waals surface area contributed by atoms with Gasteiger partial charge in [-0.2, -0.15) is 0 Å². The predicted octanol–water partition coefficient (Wildman–Crippen LogP) is 3.80. The van der Waals surface area contributed by atoms with Gasteiger partial charge in [-0.3, -0.25) is 9.69 Å². The zero-order valence-corrected chi connectivity index (χ0v) is 18.7. The first kappa shape index (κ1) is 22.4. The third-order valence-corrected chi connectivity index (χ3v) is 6.02. The summed E-state index contributed by atoms with van der Waals surface area (Å²) in [5, 5.41) is 0. The Balaban J connectivity index is 1.99. The molecule has 0 amide bonds. The van der Waals surface area contributed by atoms with Crippen molar-refractivity contribution in [3.63, 3.8) is 0 Å². The van der Waals surface area contributed by atoms with Crippen LogP contribution in [-0.4, -0.2) is 33.1 Å². The number of ether oxygens (including phenoxy) is 3. The number of nitrogens with zero attached hydrogens (tertiary/aromatic N) is 1. The minimum atomic E-state index is -0.739. The van der Waals surface area contributed by atoms with Crippen LogP contribution in [0.15, 0.2) is 65.1 Å². The first-order valence-electron chi connectivity index (χ1n) is 10.5. The molecule has 1 aliphatic carbocycles. The number of methoxy groups -OCH3 is 3. The molecule has 1 aliphatic heterocycles. The van der Waals surface area contributed by atoms with Gasteiger partial charge in [0, 0.05) is 23.4 Å². The van der Waals surface area contributed by atoms with Crippen molar-refractivity contribution in [3.05, 3.63) is 76.5 Å². The summed E-state index contributed by atoms with van der Waals surface area (Å²) < 4.78 is 29.5. The normalized spacial score (nSPS) is 18.2. The van der Waals surface area contributed by atoms with Crippen molar-refractivity contribution in [2.45, 2.75) is 25.2 Å². The molecule has 8 heteroatoms. The number of hydrogen-bond donors (Lipinski definition) is 1. The van der Waals surface area contributed by atoms with Crippen LogP contribution in [0.3, 0.4) is 0 Å². The van der Waals surface area contributed by atoms with Crippen LogP contribution < -0.4 is 20.1 Å². The number of rotatable bonds is 5. The number of anilines is 1. The monoisotopic (exact) mass is 452 g/mol. The quantitative estimate of drug-likeness (QED) is 0.690. The second kappa shape index (κ2) is 8.97. The molecule has 0 fully saturated rings. The second-order valence-electron chi connectivity index (χ2n) is 7.79. The van der Waals surface area contributed by atoms with Gasteiger partial charge >= 0.3 is 5.97 Å². The molecule has 0 spiro atoms. The van der Waals surface area contributed by atoms with E-state index >= 15 is 0 Å². The first-order valence-corrected chi connectivity index (χ1v) is 10.5. The summed E-state index contributed by atoms with van der Waals surface area (Å²) in [5.41, 5.74) is 9.11. The van der Waals surface area contributed by atoms with Crippen molar-refractivity contribution in [1.82, 2.24) is 0 Å². The maximum Gasteiger partial charge on any atom is 0.338 e. The molecule has 7 nitrogen and oxygen atoms in total. The summed E-state index contributed by atoms with van der Waals surface area (Å²) in [5.74, 6) is -0.738. The zero-order valence-electron chi connectivity index (χ0n) is 18.7. The molecule has 1 heterocycles. The number of benzene rings is 2. The Morgan fingerprint density at radius 3 is 2.36 bits per heavy atom. The number of allylic oxidation sites excluding steroid dienone is 2. The average Bonchev–Trinajstić information content (AvgIpc) is 2.83. The van der Waals surface area contributed by atoms with Crippen LogP contribution in [0.4, 0.5) is 10.1 Å². The van der Waals surface area contributed by atoms with Crippen LogP contribution in [0.1, 0.15) is 30.7 Å². The van der Waals surface area contributed by atoms with Gasteiger partial charge in [0.05, 0.1) is 32.8 Å². The van der Waals surface area contributed by atoms with E-state index in [4.69, 9.17) is 19.9 Å². The fourth-order valence-electron chi connectivity index (χ4n) is 4.55. The third-order valence-electron chi connectivity index (χ3n) is 6.02. The van der Waals surface area contributed by atoms with Gasteiger partial charge in [0.15, 0.2) is 17.3 Å². The maximum absolute atomic E-state index is 13.6. The highest BCUT2D eigenvalue weighted by atomic mass is 19.1. The van der Waals surface area contributed by atoms with Crippen LogP contribution in [-0.2, 0) is 14.3 Å². The SMILES string of the molecule is COC(=O)C1=C(N)N(c2ccc(F)cc2)C2=C(C(=O)CCC2)[C@H]1c1ccc(OC)c(OC)c1. The van der Waals surface area contributed by atoms with E-state index in [2.05, 4.69) is 0 Å². The molecule has 4 rings (SSSR count). The maximum atomic E-state index is 13.6. The van der Waals surface area contributed by atoms with Crippen LogP contribution in [0.5, 0.6) is 11.5 Å². The number of nitrogens with two attached hydrogens (primary N) is 1. The van der Waals surface area contributed by atoms with E-state index in [0.717, 1.165) is 0 Å². The summed E-state index contributed by atoms with van der Waals surface area (Å²) in [7, 11) is 4.31. The average molecular weight is 452 g/mol. The predicted molar refractivity (Wildman–Crippen MR) is 120 cm³/mol. The van der Waals surface area contributed by atoms with Gasteiger partial charge in [0.25, 0.3) is 0 Å². The minimum absolute atomic E-state index is 0.0722. The van der Waals surface area contributed by atoms with E-state index in [9.17, 15) is 14.0 Å². The van der Waals surface area contributed by atoms with Gasteiger partial charge in [0.2, 0.25) is 0 Å². The van der Waals surface area contributed by atoms with E-state index in [1.807, 2.05) is 0 Å². The van der Waals surface area contributed by atoms with E-state index in [1.54, 1.807) is 35.2 Å². The number of hydrogen-bond acceptors (Lipinski definition) is 7. The molecular formula is C25H25FN2O5. The molecule has 0 saturated carbocycles. The number of carbonyl (C=O) groups excluding carboxylic acids is 2. The van der Waals surface area contributed by atoms with Crippen LogP contribution in [0.2, 0.25) is 0 Å². The lowest BCUT2D eigenvalue weighted by Gasteiger charge is -2.40. The summed E-state index contributed by atoms with van der Waals surface area (Å²) in [6.07, 6.45) is 1.58. The standard InChI is InChI=1S/C25H25FN2O5/c1-31-19-12-7-14(13-20(19)32-2)21-22-17(5-4-6-18(22)29)28(16-10-8-15(26)9-11-16)24(27)23(21)25(30)33-3/h7-13,21H,4-6,27H2,1-3H3/t21-/m1/s1. The third kappa shape index (κ3) is 3.82. The van der Waals surface area contributed by atoms with E-state index < -0.39 is 17.7 Å². The van der Waals surface area contributed by atoms with Gasteiger partial charge in [-0.25, -0.2) is 9.18 Å². The van der Waals surface area contributed by atoms with Crippen molar-refractivity contribution in [3.8, 4) is 11.5 Å². The Morgan fingerprint density at radius 2 is 1.73 bits per heavy atom. The van der Waals surface area contributed by atoms with E-state index in [0.29, 0.717) is 53.3 Å². The molecule has 0 radical (unpaired) electrons. The van der Waals surface area contributed by atoms with E-state index in [1.165, 1.54) is 33.5 Å². The molecule has 0 saturated heterocycles. The smallest absolute Gasteiger partial charge is 0.338 e. The fourth-order valence-corrected chi connectivity index (χ4v) is 4.55. The first-order chi connectivity index (χ1) is 15.9. The number of halogens is 1. The van der Waals surface area contributed by atoms with Crippen molar-refractivity contribution in [2.24, 2.45) is 5.73 Å². The molecule has 2 N–H and O–H groups in total. The molecule has 2 aromatic rings. The molecule has 0 bridgehead atoms. The molecule has 0 unspecified atom stereocenters. The number of carbonyl (C=O) groups is 2. The molecular weight excluding hydrogens is 427 g/mol. The molecule has 172 valence electrons.